The first kappa shape index (κ1) is 23.8. The summed E-state index contributed by atoms with van der Waals surface area (Å²) in [5.41, 5.74) is 8.93. The minimum atomic E-state index is 0.497. The Morgan fingerprint density at radius 3 is 1.76 bits per heavy atom. The molecule has 8 rings (SSSR count). The van der Waals surface area contributed by atoms with Crippen molar-refractivity contribution in [1.82, 2.24) is 9.13 Å². The van der Waals surface area contributed by atoms with Crippen LogP contribution >= 0.6 is 0 Å². The fourth-order valence-corrected chi connectivity index (χ4v) is 6.43. The average Bonchev–Trinajstić information content (AvgIpc) is 3.57. The molecule has 0 N–H and O–H groups in total. The molecule has 0 saturated carbocycles. The van der Waals surface area contributed by atoms with Gasteiger partial charge in [-0.1, -0.05) is 91.0 Å². The number of aromatic nitrogens is 2. The number of hydrogen-bond donors (Lipinski definition) is 0. The number of rotatable bonds is 3. The lowest BCUT2D eigenvalue weighted by molar-refractivity contribution is 1.16. The summed E-state index contributed by atoms with van der Waals surface area (Å²) in [7, 11) is 0. The Morgan fingerprint density at radius 1 is 0.571 bits per heavy atom. The lowest BCUT2D eigenvalue weighted by Crippen LogP contribution is -2.02. The quantitative estimate of drug-likeness (QED) is 0.208. The highest BCUT2D eigenvalue weighted by atomic mass is 15.0. The van der Waals surface area contributed by atoms with Gasteiger partial charge in [-0.2, -0.15) is 5.26 Å². The summed E-state index contributed by atoms with van der Waals surface area (Å²) in [5.74, 6) is 0. The molecular formula is C38H22N4. The van der Waals surface area contributed by atoms with Crippen LogP contribution in [0, 0.1) is 17.9 Å². The summed E-state index contributed by atoms with van der Waals surface area (Å²) in [4.78, 5) is 3.75. The first-order valence-corrected chi connectivity index (χ1v) is 13.8. The number of para-hydroxylation sites is 4. The van der Waals surface area contributed by atoms with E-state index in [0.29, 0.717) is 11.3 Å². The molecule has 0 aliphatic carbocycles. The molecule has 0 atom stereocenters. The van der Waals surface area contributed by atoms with E-state index in [1.807, 2.05) is 24.3 Å². The van der Waals surface area contributed by atoms with Gasteiger partial charge in [0.15, 0.2) is 5.69 Å². The van der Waals surface area contributed by atoms with E-state index in [9.17, 15) is 5.26 Å². The van der Waals surface area contributed by atoms with Crippen LogP contribution in [0.5, 0.6) is 0 Å². The molecule has 194 valence electrons. The Kier molecular flexibility index (Phi) is 5.22. The third kappa shape index (κ3) is 3.33. The topological polar surface area (TPSA) is 38.0 Å². The molecule has 0 saturated heterocycles. The molecule has 0 fully saturated rings. The number of benzene rings is 6. The fraction of sp³-hybridized carbons (Fsp3) is 0. The smallest absolute Gasteiger partial charge is 0.187 e. The lowest BCUT2D eigenvalue weighted by Gasteiger charge is -2.19. The summed E-state index contributed by atoms with van der Waals surface area (Å²) in [6, 6.07) is 47.8. The maximum atomic E-state index is 10.4. The maximum Gasteiger partial charge on any atom is 0.187 e. The first-order valence-electron chi connectivity index (χ1n) is 13.8. The van der Waals surface area contributed by atoms with Gasteiger partial charge in [0.25, 0.3) is 0 Å². The zero-order valence-corrected chi connectivity index (χ0v) is 22.5. The molecule has 8 aromatic rings. The van der Waals surface area contributed by atoms with Gasteiger partial charge in [0, 0.05) is 32.8 Å². The van der Waals surface area contributed by atoms with Crippen LogP contribution in [-0.4, -0.2) is 9.13 Å². The van der Waals surface area contributed by atoms with E-state index >= 15 is 0 Å². The summed E-state index contributed by atoms with van der Waals surface area (Å²) in [6.45, 7) is 7.80. The van der Waals surface area contributed by atoms with Crippen LogP contribution < -0.4 is 0 Å². The van der Waals surface area contributed by atoms with Crippen molar-refractivity contribution < 1.29 is 0 Å². The molecule has 0 spiro atoms. The van der Waals surface area contributed by atoms with Gasteiger partial charge in [0.1, 0.15) is 0 Å². The molecule has 0 radical (unpaired) electrons. The highest BCUT2D eigenvalue weighted by Gasteiger charge is 2.24. The van der Waals surface area contributed by atoms with E-state index < -0.39 is 0 Å². The zero-order valence-electron chi connectivity index (χ0n) is 22.5. The number of nitrogens with zero attached hydrogens (tertiary/aromatic N) is 4. The highest BCUT2D eigenvalue weighted by molar-refractivity contribution is 6.17. The number of nitriles is 1. The van der Waals surface area contributed by atoms with Crippen molar-refractivity contribution in [3.05, 3.63) is 150 Å². The monoisotopic (exact) mass is 534 g/mol. The Balaban J connectivity index is 1.66. The van der Waals surface area contributed by atoms with Gasteiger partial charge in [-0.15, -0.1) is 0 Å². The van der Waals surface area contributed by atoms with Crippen molar-refractivity contribution in [3.63, 3.8) is 0 Å². The molecule has 0 bridgehead atoms. The maximum absolute atomic E-state index is 10.4. The number of fused-ring (bicyclic) bond motifs is 6. The fourth-order valence-electron chi connectivity index (χ4n) is 6.43. The first-order chi connectivity index (χ1) is 20.8. The predicted octanol–water partition coefficient (Wildman–Crippen LogP) is 9.97. The van der Waals surface area contributed by atoms with Crippen LogP contribution in [0.4, 0.5) is 5.69 Å². The lowest BCUT2D eigenvalue weighted by atomic mass is 9.95. The minimum absolute atomic E-state index is 0.497. The molecular weight excluding hydrogens is 512 g/mol. The molecule has 2 aromatic heterocycles. The van der Waals surface area contributed by atoms with Crippen LogP contribution in [0.3, 0.4) is 0 Å². The molecule has 2 heterocycles. The second kappa shape index (κ2) is 9.24. The Hall–Kier alpha value is -6.10. The summed E-state index contributed by atoms with van der Waals surface area (Å²) in [6.07, 6.45) is 0. The van der Waals surface area contributed by atoms with Crippen LogP contribution in [0.25, 0.3) is 71.0 Å². The van der Waals surface area contributed by atoms with E-state index in [-0.39, 0.29) is 0 Å². The Bertz CT molecular complexity index is 2380. The van der Waals surface area contributed by atoms with Crippen LogP contribution in [0.2, 0.25) is 0 Å². The average molecular weight is 535 g/mol. The normalized spacial score (nSPS) is 11.3. The van der Waals surface area contributed by atoms with Gasteiger partial charge in [-0.05, 0) is 48.0 Å². The molecule has 42 heavy (non-hydrogen) atoms. The van der Waals surface area contributed by atoms with Crippen molar-refractivity contribution in [2.24, 2.45) is 0 Å². The molecule has 0 amide bonds. The van der Waals surface area contributed by atoms with Gasteiger partial charge >= 0.3 is 0 Å². The second-order valence-electron chi connectivity index (χ2n) is 10.4. The Morgan fingerprint density at radius 2 is 1.14 bits per heavy atom. The van der Waals surface area contributed by atoms with Crippen molar-refractivity contribution in [3.8, 4) is 28.6 Å². The SMILES string of the molecule is [C-]#[N+]c1ccc(C#N)c(-c2c(-n3c4ccccc4c4ccccc43)ccc3c4ccccc4n(-c4ccccc4)c23)c1. The van der Waals surface area contributed by atoms with E-state index in [2.05, 4.69) is 117 Å². The molecule has 0 unspecified atom stereocenters. The van der Waals surface area contributed by atoms with Gasteiger partial charge in [0.2, 0.25) is 0 Å². The summed E-state index contributed by atoms with van der Waals surface area (Å²) in [5, 5.41) is 14.9. The van der Waals surface area contributed by atoms with Gasteiger partial charge in [0.05, 0.1) is 46.0 Å². The third-order valence-electron chi connectivity index (χ3n) is 8.17. The summed E-state index contributed by atoms with van der Waals surface area (Å²) >= 11 is 0. The van der Waals surface area contributed by atoms with Gasteiger partial charge in [-0.25, -0.2) is 4.85 Å². The van der Waals surface area contributed by atoms with E-state index in [1.54, 1.807) is 12.1 Å². The van der Waals surface area contributed by atoms with Gasteiger partial charge < -0.3 is 9.13 Å². The summed E-state index contributed by atoms with van der Waals surface area (Å²) < 4.78 is 4.60. The minimum Gasteiger partial charge on any atom is -0.309 e. The molecule has 4 nitrogen and oxygen atoms in total. The van der Waals surface area contributed by atoms with Crippen LogP contribution in [-0.2, 0) is 0 Å². The van der Waals surface area contributed by atoms with Crippen molar-refractivity contribution in [2.45, 2.75) is 0 Å². The molecule has 6 aromatic carbocycles. The zero-order chi connectivity index (χ0) is 28.2. The molecule has 4 heteroatoms. The van der Waals surface area contributed by atoms with E-state index in [1.165, 1.54) is 0 Å². The van der Waals surface area contributed by atoms with E-state index in [4.69, 9.17) is 6.57 Å². The van der Waals surface area contributed by atoms with Crippen molar-refractivity contribution >= 4 is 49.3 Å². The molecule has 0 aliphatic heterocycles. The van der Waals surface area contributed by atoms with Crippen LogP contribution in [0.1, 0.15) is 5.56 Å². The van der Waals surface area contributed by atoms with E-state index in [0.717, 1.165) is 66.1 Å². The Labute approximate surface area is 242 Å². The predicted molar refractivity (Wildman–Crippen MR) is 172 cm³/mol. The second-order valence-corrected chi connectivity index (χ2v) is 10.4. The number of hydrogen-bond acceptors (Lipinski definition) is 1. The third-order valence-corrected chi connectivity index (χ3v) is 8.17. The van der Waals surface area contributed by atoms with Crippen molar-refractivity contribution in [2.75, 3.05) is 0 Å². The van der Waals surface area contributed by atoms with Gasteiger partial charge in [-0.3, -0.25) is 0 Å². The van der Waals surface area contributed by atoms with Crippen LogP contribution in [0.15, 0.2) is 133 Å². The highest BCUT2D eigenvalue weighted by Crippen LogP contribution is 2.45. The van der Waals surface area contributed by atoms with Crippen molar-refractivity contribution in [1.29, 1.82) is 5.26 Å². The standard InChI is InChI=1S/C38H22N4/c1-40-26-20-19-25(24-39)32(23-26)37-36(42-34-17-9-5-13-28(34)29-14-6-10-18-35(29)42)22-21-31-30-15-7-8-16-33(30)41(38(31)37)27-11-3-2-4-12-27/h2-23H. The molecule has 0 aliphatic rings. The largest absolute Gasteiger partial charge is 0.309 e.